The minimum Gasteiger partial charge on any atom is -0.458 e. The summed E-state index contributed by atoms with van der Waals surface area (Å²) in [6.07, 6.45) is 1.98. The summed E-state index contributed by atoms with van der Waals surface area (Å²) < 4.78 is 20.8. The van der Waals surface area contributed by atoms with Crippen molar-refractivity contribution in [1.29, 1.82) is 0 Å². The number of ether oxygens (including phenoxy) is 2. The molecule has 162 valence electrons. The lowest BCUT2D eigenvalue weighted by atomic mass is 10.1. The molecule has 32 heavy (non-hydrogen) atoms. The summed E-state index contributed by atoms with van der Waals surface area (Å²) >= 11 is 0. The summed E-state index contributed by atoms with van der Waals surface area (Å²) in [5, 5.41) is 3.10. The largest absolute Gasteiger partial charge is 0.458 e. The van der Waals surface area contributed by atoms with Crippen LogP contribution in [0, 0.1) is 0 Å². The summed E-state index contributed by atoms with van der Waals surface area (Å²) in [5.41, 5.74) is 1.77. The van der Waals surface area contributed by atoms with Gasteiger partial charge in [-0.3, -0.25) is 5.32 Å². The predicted octanol–water partition coefficient (Wildman–Crippen LogP) is 4.26. The van der Waals surface area contributed by atoms with Gasteiger partial charge in [-0.2, -0.15) is 0 Å². The van der Waals surface area contributed by atoms with Gasteiger partial charge in [0.2, 0.25) is 5.89 Å². The van der Waals surface area contributed by atoms with E-state index in [4.69, 9.17) is 18.3 Å². The third-order valence-electron chi connectivity index (χ3n) is 4.39. The van der Waals surface area contributed by atoms with Gasteiger partial charge in [0.25, 0.3) is 0 Å². The summed E-state index contributed by atoms with van der Waals surface area (Å²) in [7, 11) is 0. The van der Waals surface area contributed by atoms with Gasteiger partial charge in [-0.25, -0.2) is 19.4 Å². The van der Waals surface area contributed by atoms with Crippen molar-refractivity contribution in [3.05, 3.63) is 76.5 Å². The minimum atomic E-state index is -0.630. The van der Waals surface area contributed by atoms with Crippen LogP contribution in [0.5, 0.6) is 0 Å². The highest BCUT2D eigenvalue weighted by Crippen LogP contribution is 2.22. The Balaban J connectivity index is 1.46. The predicted molar refractivity (Wildman–Crippen MR) is 116 cm³/mol. The topological polar surface area (TPSA) is 121 Å². The molecule has 9 nitrogen and oxygen atoms in total. The van der Waals surface area contributed by atoms with E-state index < -0.39 is 17.7 Å². The maximum atomic E-state index is 12.1. The number of para-hydroxylation sites is 2. The number of amides is 1. The van der Waals surface area contributed by atoms with Crippen molar-refractivity contribution in [2.45, 2.75) is 13.5 Å². The zero-order valence-corrected chi connectivity index (χ0v) is 17.0. The normalized spacial score (nSPS) is 11.2. The van der Waals surface area contributed by atoms with Crippen LogP contribution in [0.4, 0.5) is 10.5 Å². The van der Waals surface area contributed by atoms with E-state index in [2.05, 4.69) is 10.3 Å². The third-order valence-corrected chi connectivity index (χ3v) is 4.39. The van der Waals surface area contributed by atoms with Crippen LogP contribution in [-0.2, 0) is 20.9 Å². The molecule has 1 amide bonds. The smallest absolute Gasteiger partial charge is 0.411 e. The molecule has 1 N–H and O–H groups in total. The number of esters is 1. The molecule has 4 aromatic rings. The van der Waals surface area contributed by atoms with Gasteiger partial charge < -0.3 is 18.3 Å². The molecule has 0 atom stereocenters. The van der Waals surface area contributed by atoms with Gasteiger partial charge in [0.15, 0.2) is 5.58 Å². The highest BCUT2D eigenvalue weighted by atomic mass is 16.5. The minimum absolute atomic E-state index is 0.149. The van der Waals surface area contributed by atoms with Gasteiger partial charge in [0.05, 0.1) is 6.61 Å². The van der Waals surface area contributed by atoms with Crippen LogP contribution in [0.3, 0.4) is 0 Å². The Labute approximate surface area is 181 Å². The molecule has 0 aliphatic heterocycles. The first-order valence-electron chi connectivity index (χ1n) is 9.73. The zero-order valence-electron chi connectivity index (χ0n) is 17.0. The molecule has 0 bridgehead atoms. The number of hydrogen-bond acceptors (Lipinski definition) is 8. The monoisotopic (exact) mass is 434 g/mol. The lowest BCUT2D eigenvalue weighted by Crippen LogP contribution is -2.13. The van der Waals surface area contributed by atoms with E-state index in [-0.39, 0.29) is 24.7 Å². The maximum absolute atomic E-state index is 12.1. The van der Waals surface area contributed by atoms with Crippen molar-refractivity contribution in [1.82, 2.24) is 4.98 Å². The highest BCUT2D eigenvalue weighted by Gasteiger charge is 2.10. The van der Waals surface area contributed by atoms with E-state index in [0.717, 1.165) is 0 Å². The van der Waals surface area contributed by atoms with Gasteiger partial charge in [-0.15, -0.1) is 0 Å². The van der Waals surface area contributed by atoms with E-state index in [1.807, 2.05) is 12.1 Å². The molecule has 0 unspecified atom stereocenters. The molecule has 9 heteroatoms. The lowest BCUT2D eigenvalue weighted by Gasteiger charge is -2.08. The van der Waals surface area contributed by atoms with Crippen molar-refractivity contribution in [3.8, 4) is 0 Å². The molecule has 2 aromatic carbocycles. The van der Waals surface area contributed by atoms with Crippen molar-refractivity contribution in [2.75, 3.05) is 11.9 Å². The van der Waals surface area contributed by atoms with Crippen LogP contribution >= 0.6 is 0 Å². The molecular formula is C23H18N2O7. The number of benzene rings is 2. The summed E-state index contributed by atoms with van der Waals surface area (Å²) in [6.45, 7) is 1.77. The third kappa shape index (κ3) is 4.84. The fourth-order valence-corrected chi connectivity index (χ4v) is 3.01. The fraction of sp³-hybridized carbons (Fsp3) is 0.130. The van der Waals surface area contributed by atoms with E-state index in [1.54, 1.807) is 31.2 Å². The quantitative estimate of drug-likeness (QED) is 0.271. The molecule has 0 fully saturated rings. The number of aromatic nitrogens is 1. The second kappa shape index (κ2) is 9.17. The number of nitrogens with zero attached hydrogens (tertiary/aromatic N) is 1. The Morgan fingerprint density at radius 3 is 2.72 bits per heavy atom. The molecular weight excluding hydrogens is 416 g/mol. The molecule has 2 heterocycles. The van der Waals surface area contributed by atoms with Crippen molar-refractivity contribution < 1.29 is 27.9 Å². The Bertz CT molecular complexity index is 1350. The number of fused-ring (bicyclic) bond motifs is 2. The molecule has 0 spiro atoms. The molecule has 0 saturated carbocycles. The van der Waals surface area contributed by atoms with Crippen LogP contribution < -0.4 is 10.9 Å². The lowest BCUT2D eigenvalue weighted by molar-refractivity contribution is -0.138. The Hall–Kier alpha value is -4.40. The fourth-order valence-electron chi connectivity index (χ4n) is 3.01. The molecule has 2 aromatic heterocycles. The van der Waals surface area contributed by atoms with Crippen LogP contribution in [-0.4, -0.2) is 23.7 Å². The number of rotatable bonds is 6. The molecule has 4 rings (SSSR count). The van der Waals surface area contributed by atoms with E-state index >= 15 is 0 Å². The maximum Gasteiger partial charge on any atom is 0.411 e. The summed E-state index contributed by atoms with van der Waals surface area (Å²) in [4.78, 5) is 39.9. The first kappa shape index (κ1) is 20.9. The molecule has 0 radical (unpaired) electrons. The number of carbonyl (C=O) groups excluding carboxylic acids is 2. The van der Waals surface area contributed by atoms with E-state index in [1.165, 1.54) is 24.3 Å². The van der Waals surface area contributed by atoms with Crippen LogP contribution in [0.25, 0.3) is 28.1 Å². The number of nitrogens with one attached hydrogen (secondary N) is 1. The number of hydrogen-bond donors (Lipinski definition) is 1. The SMILES string of the molecule is CCOC(=O)Nc1ccc2c(COC(=O)/C=C/c3nc4ccccc4o3)cc(=O)oc2c1. The van der Waals surface area contributed by atoms with E-state index in [0.29, 0.717) is 27.7 Å². The second-order valence-corrected chi connectivity index (χ2v) is 6.61. The first-order valence-corrected chi connectivity index (χ1v) is 9.73. The van der Waals surface area contributed by atoms with Gasteiger partial charge in [-0.05, 0) is 31.2 Å². The van der Waals surface area contributed by atoms with Crippen LogP contribution in [0.2, 0.25) is 0 Å². The Morgan fingerprint density at radius 2 is 1.91 bits per heavy atom. The molecule has 0 saturated heterocycles. The van der Waals surface area contributed by atoms with Crippen LogP contribution in [0.15, 0.2) is 68.2 Å². The second-order valence-electron chi connectivity index (χ2n) is 6.61. The highest BCUT2D eigenvalue weighted by molar-refractivity contribution is 5.90. The van der Waals surface area contributed by atoms with Crippen molar-refractivity contribution in [3.63, 3.8) is 0 Å². The van der Waals surface area contributed by atoms with Crippen LogP contribution in [0.1, 0.15) is 18.4 Å². The standard InChI is InChI=1S/C23H18N2O7/c1-2-29-23(28)24-15-7-8-16-14(11-22(27)32-19(16)12-15)13-30-21(26)10-9-20-25-17-5-3-4-6-18(17)31-20/h3-12H,2,13H2,1H3,(H,24,28)/b10-9+. The Kier molecular flexibility index (Phi) is 5.98. The van der Waals surface area contributed by atoms with Crippen molar-refractivity contribution in [2.24, 2.45) is 0 Å². The first-order chi connectivity index (χ1) is 15.5. The zero-order chi connectivity index (χ0) is 22.5. The van der Waals surface area contributed by atoms with Gasteiger partial charge >= 0.3 is 17.7 Å². The summed E-state index contributed by atoms with van der Waals surface area (Å²) in [6, 6.07) is 13.3. The average Bonchev–Trinajstić information content (AvgIpc) is 3.19. The Morgan fingerprint density at radius 1 is 1.06 bits per heavy atom. The number of anilines is 1. The van der Waals surface area contributed by atoms with Gasteiger partial charge in [0.1, 0.15) is 17.7 Å². The van der Waals surface area contributed by atoms with Gasteiger partial charge in [0, 0.05) is 40.9 Å². The average molecular weight is 434 g/mol. The molecule has 0 aliphatic carbocycles. The summed E-state index contributed by atoms with van der Waals surface area (Å²) in [5.74, 6) is -0.357. The number of oxazole rings is 1. The van der Waals surface area contributed by atoms with Gasteiger partial charge in [-0.1, -0.05) is 12.1 Å². The number of carbonyl (C=O) groups is 2. The molecule has 0 aliphatic rings. The van der Waals surface area contributed by atoms with E-state index in [9.17, 15) is 14.4 Å². The van der Waals surface area contributed by atoms with Crippen molar-refractivity contribution >= 4 is 45.9 Å².